The third-order valence-corrected chi connectivity index (χ3v) is 10.3. The average Bonchev–Trinajstić information content (AvgIpc) is 3.63. The van der Waals surface area contributed by atoms with Gasteiger partial charge in [-0.3, -0.25) is 4.98 Å². The quantitative estimate of drug-likeness (QED) is 0.174. The molecular formula is C48H28N4O. The lowest BCUT2D eigenvalue weighted by Crippen LogP contribution is -2.00. The molecule has 0 radical (unpaired) electrons. The highest BCUT2D eigenvalue weighted by Crippen LogP contribution is 2.42. The van der Waals surface area contributed by atoms with Gasteiger partial charge in [0.25, 0.3) is 0 Å². The number of hydrogen-bond donors (Lipinski definition) is 0. The smallest absolute Gasteiger partial charge is 0.164 e. The molecule has 0 saturated carbocycles. The van der Waals surface area contributed by atoms with Crippen LogP contribution < -0.4 is 0 Å². The summed E-state index contributed by atoms with van der Waals surface area (Å²) in [5, 5.41) is 9.99. The number of para-hydroxylation sites is 2. The minimum atomic E-state index is 0.597. The van der Waals surface area contributed by atoms with E-state index in [1.54, 1.807) is 0 Å². The van der Waals surface area contributed by atoms with Crippen molar-refractivity contribution in [1.82, 2.24) is 19.9 Å². The summed E-state index contributed by atoms with van der Waals surface area (Å²) in [6, 6.07) is 56.6. The summed E-state index contributed by atoms with van der Waals surface area (Å²) in [5.74, 6) is 1.82. The minimum absolute atomic E-state index is 0.597. The molecule has 246 valence electrons. The van der Waals surface area contributed by atoms with Crippen molar-refractivity contribution >= 4 is 65.2 Å². The zero-order valence-corrected chi connectivity index (χ0v) is 28.4. The van der Waals surface area contributed by atoms with E-state index < -0.39 is 0 Å². The molecule has 8 aromatic carbocycles. The topological polar surface area (TPSA) is 64.7 Å². The Labute approximate surface area is 303 Å². The molecule has 0 atom stereocenters. The molecule has 0 N–H and O–H groups in total. The third-order valence-electron chi connectivity index (χ3n) is 10.3. The van der Waals surface area contributed by atoms with E-state index in [9.17, 15) is 0 Å². The Hall–Kier alpha value is -7.24. The van der Waals surface area contributed by atoms with Gasteiger partial charge in [-0.15, -0.1) is 0 Å². The first-order valence-corrected chi connectivity index (χ1v) is 17.7. The molecule has 0 aliphatic heterocycles. The van der Waals surface area contributed by atoms with Crippen molar-refractivity contribution in [3.63, 3.8) is 0 Å². The average molecular weight is 677 g/mol. The highest BCUT2D eigenvalue weighted by Gasteiger charge is 2.20. The maximum absolute atomic E-state index is 6.52. The van der Waals surface area contributed by atoms with E-state index in [4.69, 9.17) is 24.4 Å². The van der Waals surface area contributed by atoms with Crippen LogP contribution in [0, 0.1) is 0 Å². The molecule has 53 heavy (non-hydrogen) atoms. The fraction of sp³-hybridized carbons (Fsp3) is 0. The zero-order valence-electron chi connectivity index (χ0n) is 28.4. The predicted octanol–water partition coefficient (Wildman–Crippen LogP) is 12.4. The molecule has 5 nitrogen and oxygen atoms in total. The molecule has 5 heteroatoms. The maximum Gasteiger partial charge on any atom is 0.164 e. The van der Waals surface area contributed by atoms with E-state index >= 15 is 0 Å². The van der Waals surface area contributed by atoms with Gasteiger partial charge in [0.05, 0.1) is 5.52 Å². The SMILES string of the molecule is c1ccc(-c2nc(-c3ccc(-c4cc5ccccc5c5cnc6ccccc6c45)cc3)nc(-c3cc4ccccc4c4oc5ccccc5c34)n2)cc1. The standard InChI is InChI=1S/C48H28N4O/c1-2-12-30(13-3-1)46-50-47(52-48(51-46)39-27-33-15-5-7-17-35(33)45-44(39)37-19-9-11-21-42(37)53-45)31-24-22-29(23-25-31)38-26-32-14-4-6-16-34(32)40-28-49-41-20-10-8-18-36(41)43(38)40/h1-28H. The molecule has 0 fully saturated rings. The summed E-state index contributed by atoms with van der Waals surface area (Å²) in [5.41, 5.74) is 7.65. The van der Waals surface area contributed by atoms with Gasteiger partial charge >= 0.3 is 0 Å². The van der Waals surface area contributed by atoms with E-state index in [0.29, 0.717) is 17.5 Å². The van der Waals surface area contributed by atoms with E-state index in [-0.39, 0.29) is 0 Å². The van der Waals surface area contributed by atoms with E-state index in [2.05, 4.69) is 103 Å². The van der Waals surface area contributed by atoms with Gasteiger partial charge in [-0.1, -0.05) is 140 Å². The first-order valence-electron chi connectivity index (χ1n) is 17.7. The van der Waals surface area contributed by atoms with Crippen LogP contribution in [-0.4, -0.2) is 19.9 Å². The van der Waals surface area contributed by atoms with Crippen LogP contribution in [0.15, 0.2) is 174 Å². The van der Waals surface area contributed by atoms with E-state index in [1.807, 2.05) is 66.9 Å². The molecule has 0 spiro atoms. The highest BCUT2D eigenvalue weighted by atomic mass is 16.3. The lowest BCUT2D eigenvalue weighted by molar-refractivity contribution is 0.672. The second kappa shape index (κ2) is 11.7. The number of pyridine rings is 1. The Morgan fingerprint density at radius 2 is 0.943 bits per heavy atom. The number of benzene rings is 8. The summed E-state index contributed by atoms with van der Waals surface area (Å²) in [6.07, 6.45) is 2.02. The van der Waals surface area contributed by atoms with Crippen LogP contribution in [-0.2, 0) is 0 Å². The Balaban J connectivity index is 1.13. The molecule has 11 aromatic rings. The number of nitrogens with zero attached hydrogens (tertiary/aromatic N) is 4. The van der Waals surface area contributed by atoms with Crippen LogP contribution in [0.3, 0.4) is 0 Å². The Kier molecular flexibility index (Phi) is 6.48. The number of aromatic nitrogens is 4. The van der Waals surface area contributed by atoms with Crippen LogP contribution in [0.1, 0.15) is 0 Å². The molecular weight excluding hydrogens is 649 g/mol. The van der Waals surface area contributed by atoms with Crippen molar-refractivity contribution in [2.24, 2.45) is 0 Å². The van der Waals surface area contributed by atoms with Crippen LogP contribution in [0.4, 0.5) is 0 Å². The highest BCUT2D eigenvalue weighted by molar-refractivity contribution is 6.22. The van der Waals surface area contributed by atoms with Crippen molar-refractivity contribution in [2.45, 2.75) is 0 Å². The summed E-state index contributed by atoms with van der Waals surface area (Å²) in [6.45, 7) is 0. The van der Waals surface area contributed by atoms with Crippen molar-refractivity contribution < 1.29 is 4.42 Å². The minimum Gasteiger partial charge on any atom is -0.455 e. The van der Waals surface area contributed by atoms with Crippen LogP contribution in [0.25, 0.3) is 110 Å². The van der Waals surface area contributed by atoms with E-state index in [0.717, 1.165) is 76.8 Å². The number of hydrogen-bond acceptors (Lipinski definition) is 5. The fourth-order valence-electron chi connectivity index (χ4n) is 7.84. The maximum atomic E-state index is 6.52. The number of furan rings is 1. The molecule has 0 bridgehead atoms. The molecule has 0 aliphatic rings. The molecule has 11 rings (SSSR count). The monoisotopic (exact) mass is 676 g/mol. The predicted molar refractivity (Wildman–Crippen MR) is 217 cm³/mol. The molecule has 0 saturated heterocycles. The van der Waals surface area contributed by atoms with Gasteiger partial charge in [-0.2, -0.15) is 0 Å². The molecule has 0 amide bonds. The second-order valence-corrected chi connectivity index (χ2v) is 13.4. The number of fused-ring (bicyclic) bond motifs is 10. The van der Waals surface area contributed by atoms with Gasteiger partial charge in [0, 0.05) is 55.2 Å². The normalized spacial score (nSPS) is 11.8. The van der Waals surface area contributed by atoms with Gasteiger partial charge in [0.2, 0.25) is 0 Å². The second-order valence-electron chi connectivity index (χ2n) is 13.4. The largest absolute Gasteiger partial charge is 0.455 e. The van der Waals surface area contributed by atoms with Gasteiger partial charge in [-0.05, 0) is 51.6 Å². The Morgan fingerprint density at radius 3 is 1.74 bits per heavy atom. The van der Waals surface area contributed by atoms with Crippen LogP contribution in [0.5, 0.6) is 0 Å². The first-order chi connectivity index (χ1) is 26.3. The fourth-order valence-corrected chi connectivity index (χ4v) is 7.84. The van der Waals surface area contributed by atoms with Gasteiger partial charge < -0.3 is 4.42 Å². The summed E-state index contributed by atoms with van der Waals surface area (Å²) >= 11 is 0. The Morgan fingerprint density at radius 1 is 0.377 bits per heavy atom. The van der Waals surface area contributed by atoms with Crippen molar-refractivity contribution in [1.29, 1.82) is 0 Å². The van der Waals surface area contributed by atoms with Crippen molar-refractivity contribution in [3.05, 3.63) is 170 Å². The summed E-state index contributed by atoms with van der Waals surface area (Å²) in [7, 11) is 0. The van der Waals surface area contributed by atoms with Crippen LogP contribution in [0.2, 0.25) is 0 Å². The van der Waals surface area contributed by atoms with Crippen LogP contribution >= 0.6 is 0 Å². The van der Waals surface area contributed by atoms with Gasteiger partial charge in [0.15, 0.2) is 17.5 Å². The van der Waals surface area contributed by atoms with E-state index in [1.165, 1.54) is 16.2 Å². The summed E-state index contributed by atoms with van der Waals surface area (Å²) in [4.78, 5) is 20.2. The van der Waals surface area contributed by atoms with Crippen molar-refractivity contribution in [2.75, 3.05) is 0 Å². The number of rotatable bonds is 4. The molecule has 0 aliphatic carbocycles. The lowest BCUT2D eigenvalue weighted by atomic mass is 9.91. The zero-order chi connectivity index (χ0) is 34.9. The molecule has 3 aromatic heterocycles. The van der Waals surface area contributed by atoms with Gasteiger partial charge in [0.1, 0.15) is 11.2 Å². The third kappa shape index (κ3) is 4.71. The lowest BCUT2D eigenvalue weighted by Gasteiger charge is -2.14. The molecule has 0 unspecified atom stereocenters. The van der Waals surface area contributed by atoms with Gasteiger partial charge in [-0.25, -0.2) is 15.0 Å². The molecule has 3 heterocycles. The summed E-state index contributed by atoms with van der Waals surface area (Å²) < 4.78 is 6.52. The first kappa shape index (κ1) is 29.5. The van der Waals surface area contributed by atoms with Crippen molar-refractivity contribution in [3.8, 4) is 45.3 Å². The Bertz CT molecular complexity index is 3220.